The molecule has 1 heteroatoms. The van der Waals surface area contributed by atoms with Crippen LogP contribution in [0.2, 0.25) is 0 Å². The summed E-state index contributed by atoms with van der Waals surface area (Å²) in [6, 6.07) is 0. The number of allylic oxidation sites excluding steroid dienone is 3. The van der Waals surface area contributed by atoms with Crippen LogP contribution in [0.15, 0.2) is 28.3 Å². The summed E-state index contributed by atoms with van der Waals surface area (Å²) < 4.78 is 0. The first-order chi connectivity index (χ1) is 5.09. The van der Waals surface area contributed by atoms with Crippen LogP contribution in [0.4, 0.5) is 0 Å². The molecule has 0 fully saturated rings. The van der Waals surface area contributed by atoms with E-state index < -0.39 is 0 Å². The van der Waals surface area contributed by atoms with Crippen molar-refractivity contribution in [3.8, 4) is 0 Å². The van der Waals surface area contributed by atoms with Crippen LogP contribution in [-0.2, 0) is 0 Å². The van der Waals surface area contributed by atoms with Gasteiger partial charge >= 0.3 is 0 Å². The Balaban J connectivity index is 3.05. The Hall–Kier alpha value is -0.850. The Bertz CT molecular complexity index is 254. The van der Waals surface area contributed by atoms with Crippen LogP contribution in [0.3, 0.4) is 0 Å². The Kier molecular flexibility index (Phi) is 1.99. The highest BCUT2D eigenvalue weighted by molar-refractivity contribution is 6.22. The van der Waals surface area contributed by atoms with E-state index in [9.17, 15) is 0 Å². The smallest absolute Gasteiger partial charge is 0.0677 e. The second-order valence-electron chi connectivity index (χ2n) is 3.24. The fourth-order valence-electron chi connectivity index (χ4n) is 1.58. The average molecular weight is 149 g/mol. The lowest BCUT2D eigenvalue weighted by molar-refractivity contribution is 0.783. The number of hydrogen-bond donors (Lipinski definition) is 0. The lowest BCUT2D eigenvalue weighted by atomic mass is 9.77. The standard InChI is InChI=1S/C10H15N/c1-6(2)9-7(3)8(4)10(9)11-5/h6H,4H2,1-3,5H3. The summed E-state index contributed by atoms with van der Waals surface area (Å²) in [5.74, 6) is 0.583. The van der Waals surface area contributed by atoms with Crippen LogP contribution in [0.1, 0.15) is 20.8 Å². The highest BCUT2D eigenvalue weighted by atomic mass is 14.7. The summed E-state index contributed by atoms with van der Waals surface area (Å²) in [5, 5.41) is 0. The van der Waals surface area contributed by atoms with Gasteiger partial charge in [-0.25, -0.2) is 0 Å². The van der Waals surface area contributed by atoms with Gasteiger partial charge < -0.3 is 0 Å². The van der Waals surface area contributed by atoms with Gasteiger partial charge in [0.25, 0.3) is 0 Å². The van der Waals surface area contributed by atoms with Crippen molar-refractivity contribution in [1.29, 1.82) is 0 Å². The summed E-state index contributed by atoms with van der Waals surface area (Å²) in [4.78, 5) is 4.19. The van der Waals surface area contributed by atoms with Gasteiger partial charge in [0.2, 0.25) is 0 Å². The van der Waals surface area contributed by atoms with Crippen LogP contribution < -0.4 is 0 Å². The zero-order valence-electron chi connectivity index (χ0n) is 7.73. The number of hydrogen-bond acceptors (Lipinski definition) is 1. The molecule has 60 valence electrons. The van der Waals surface area contributed by atoms with Crippen molar-refractivity contribution >= 4 is 5.71 Å². The third-order valence-electron chi connectivity index (χ3n) is 2.20. The van der Waals surface area contributed by atoms with Gasteiger partial charge in [0, 0.05) is 7.05 Å². The van der Waals surface area contributed by atoms with Crippen molar-refractivity contribution in [1.82, 2.24) is 0 Å². The number of nitrogens with zero attached hydrogens (tertiary/aromatic N) is 1. The molecular weight excluding hydrogens is 134 g/mol. The van der Waals surface area contributed by atoms with Gasteiger partial charge in [-0.3, -0.25) is 4.99 Å². The fourth-order valence-corrected chi connectivity index (χ4v) is 1.58. The van der Waals surface area contributed by atoms with Crippen LogP contribution in [0.5, 0.6) is 0 Å². The number of aliphatic imine (C=N–C) groups is 1. The van der Waals surface area contributed by atoms with Crippen LogP contribution >= 0.6 is 0 Å². The molecule has 1 nitrogen and oxygen atoms in total. The Morgan fingerprint density at radius 3 is 2.18 bits per heavy atom. The molecular formula is C10H15N. The molecule has 0 bridgehead atoms. The maximum Gasteiger partial charge on any atom is 0.0677 e. The van der Waals surface area contributed by atoms with E-state index in [0.717, 1.165) is 11.3 Å². The minimum absolute atomic E-state index is 0.583. The van der Waals surface area contributed by atoms with Crippen molar-refractivity contribution in [2.45, 2.75) is 20.8 Å². The van der Waals surface area contributed by atoms with Crippen LogP contribution in [-0.4, -0.2) is 12.8 Å². The van der Waals surface area contributed by atoms with E-state index in [1.165, 1.54) is 11.1 Å². The summed E-state index contributed by atoms with van der Waals surface area (Å²) >= 11 is 0. The minimum atomic E-state index is 0.583. The molecule has 0 aliphatic heterocycles. The first-order valence-electron chi connectivity index (χ1n) is 3.97. The minimum Gasteiger partial charge on any atom is -0.288 e. The molecule has 0 amide bonds. The molecule has 0 saturated carbocycles. The van der Waals surface area contributed by atoms with Crippen molar-refractivity contribution < 1.29 is 0 Å². The van der Waals surface area contributed by atoms with Gasteiger partial charge in [0.05, 0.1) is 5.71 Å². The van der Waals surface area contributed by atoms with Gasteiger partial charge in [0.15, 0.2) is 0 Å². The molecule has 0 aromatic carbocycles. The third kappa shape index (κ3) is 1.05. The van der Waals surface area contributed by atoms with Gasteiger partial charge in [0.1, 0.15) is 0 Å². The summed E-state index contributed by atoms with van der Waals surface area (Å²) in [7, 11) is 1.83. The van der Waals surface area contributed by atoms with E-state index >= 15 is 0 Å². The normalized spacial score (nSPS) is 21.5. The Morgan fingerprint density at radius 1 is 1.36 bits per heavy atom. The second-order valence-corrected chi connectivity index (χ2v) is 3.24. The van der Waals surface area contributed by atoms with E-state index in [0.29, 0.717) is 5.92 Å². The van der Waals surface area contributed by atoms with E-state index in [4.69, 9.17) is 0 Å². The monoisotopic (exact) mass is 149 g/mol. The maximum atomic E-state index is 4.19. The largest absolute Gasteiger partial charge is 0.288 e. The predicted octanol–water partition coefficient (Wildman–Crippen LogP) is 2.60. The molecule has 0 heterocycles. The highest BCUT2D eigenvalue weighted by Crippen LogP contribution is 2.34. The van der Waals surface area contributed by atoms with E-state index in [2.05, 4.69) is 32.3 Å². The van der Waals surface area contributed by atoms with E-state index in [1.54, 1.807) is 0 Å². The molecule has 0 atom stereocenters. The molecule has 0 aromatic rings. The molecule has 1 aliphatic rings. The molecule has 0 N–H and O–H groups in total. The summed E-state index contributed by atoms with van der Waals surface area (Å²) in [6.07, 6.45) is 0. The van der Waals surface area contributed by atoms with E-state index in [1.807, 2.05) is 7.05 Å². The zero-order chi connectivity index (χ0) is 8.59. The highest BCUT2D eigenvalue weighted by Gasteiger charge is 2.27. The molecule has 0 saturated heterocycles. The topological polar surface area (TPSA) is 12.4 Å². The molecule has 0 aromatic heterocycles. The molecule has 0 unspecified atom stereocenters. The molecule has 0 radical (unpaired) electrons. The summed E-state index contributed by atoms with van der Waals surface area (Å²) in [6.45, 7) is 10.4. The summed E-state index contributed by atoms with van der Waals surface area (Å²) in [5.41, 5.74) is 4.96. The lowest BCUT2D eigenvalue weighted by Crippen LogP contribution is -2.23. The first kappa shape index (κ1) is 8.25. The predicted molar refractivity (Wildman–Crippen MR) is 50.0 cm³/mol. The van der Waals surface area contributed by atoms with Crippen molar-refractivity contribution in [2.24, 2.45) is 10.9 Å². The second kappa shape index (κ2) is 2.65. The van der Waals surface area contributed by atoms with Crippen molar-refractivity contribution in [2.75, 3.05) is 7.05 Å². The van der Waals surface area contributed by atoms with Crippen LogP contribution in [0, 0.1) is 5.92 Å². The molecule has 11 heavy (non-hydrogen) atoms. The number of rotatable bonds is 1. The van der Waals surface area contributed by atoms with E-state index in [-0.39, 0.29) is 0 Å². The third-order valence-corrected chi connectivity index (χ3v) is 2.20. The van der Waals surface area contributed by atoms with Crippen LogP contribution in [0.25, 0.3) is 0 Å². The SMILES string of the molecule is C=C1C(=NC)C(C(C)C)=C1C. The van der Waals surface area contributed by atoms with Gasteiger partial charge in [-0.15, -0.1) is 0 Å². The molecule has 1 aliphatic carbocycles. The Morgan fingerprint density at radius 2 is 1.91 bits per heavy atom. The fraction of sp³-hybridized carbons (Fsp3) is 0.500. The average Bonchev–Trinajstić information content (AvgIpc) is 1.96. The molecule has 1 rings (SSSR count). The quantitative estimate of drug-likeness (QED) is 0.543. The van der Waals surface area contributed by atoms with Crippen molar-refractivity contribution in [3.05, 3.63) is 23.3 Å². The zero-order valence-corrected chi connectivity index (χ0v) is 7.73. The van der Waals surface area contributed by atoms with Crippen molar-refractivity contribution in [3.63, 3.8) is 0 Å². The lowest BCUT2D eigenvalue weighted by Gasteiger charge is -2.29. The van der Waals surface area contributed by atoms with Gasteiger partial charge in [-0.05, 0) is 29.6 Å². The Labute approximate surface area is 68.5 Å². The first-order valence-corrected chi connectivity index (χ1v) is 3.97. The molecule has 0 spiro atoms. The van der Waals surface area contributed by atoms with Gasteiger partial charge in [-0.1, -0.05) is 20.4 Å². The van der Waals surface area contributed by atoms with Gasteiger partial charge in [-0.2, -0.15) is 0 Å². The maximum absolute atomic E-state index is 4.19.